The van der Waals surface area contributed by atoms with Crippen molar-refractivity contribution >= 4 is 15.8 Å². The number of aromatic nitrogens is 2. The Balaban J connectivity index is 1.78. The molecule has 0 saturated carbocycles. The van der Waals surface area contributed by atoms with Gasteiger partial charge in [0.05, 0.1) is 24.3 Å². The predicted octanol–water partition coefficient (Wildman–Crippen LogP) is 2.81. The lowest BCUT2D eigenvalue weighted by Gasteiger charge is -2.15. The molecule has 1 heterocycles. The molecule has 0 fully saturated rings. The summed E-state index contributed by atoms with van der Waals surface area (Å²) in [4.78, 5) is 8.64. The lowest BCUT2D eigenvalue weighted by atomic mass is 10.1. The second kappa shape index (κ2) is 10.2. The van der Waals surface area contributed by atoms with Crippen molar-refractivity contribution in [3.05, 3.63) is 83.7 Å². The first-order chi connectivity index (χ1) is 14.9. The highest BCUT2D eigenvalue weighted by Gasteiger charge is 2.11. The zero-order valence-electron chi connectivity index (χ0n) is 17.5. The van der Waals surface area contributed by atoms with Gasteiger partial charge in [0.1, 0.15) is 5.82 Å². The molecule has 0 aliphatic heterocycles. The number of hydrogen-bond donors (Lipinski definition) is 2. The Kier molecular flexibility index (Phi) is 7.41. The number of nitrogens with one attached hydrogen (secondary N) is 2. The van der Waals surface area contributed by atoms with E-state index < -0.39 is 15.7 Å². The molecule has 2 aromatic carbocycles. The van der Waals surface area contributed by atoms with Gasteiger partial charge >= 0.3 is 0 Å². The molecule has 1 aromatic heterocycles. The third-order valence-electron chi connectivity index (χ3n) is 4.56. The minimum atomic E-state index is -3.24. The van der Waals surface area contributed by atoms with Gasteiger partial charge in [-0.1, -0.05) is 24.3 Å². The van der Waals surface area contributed by atoms with Crippen LogP contribution in [0.15, 0.2) is 66.2 Å². The molecule has 9 heteroatoms. The topological polar surface area (TPSA) is 88.4 Å². The van der Waals surface area contributed by atoms with E-state index in [1.54, 1.807) is 12.5 Å². The molecule has 3 rings (SSSR count). The Morgan fingerprint density at radius 3 is 2.65 bits per heavy atom. The zero-order chi connectivity index (χ0) is 22.3. The summed E-state index contributed by atoms with van der Waals surface area (Å²) in [5.41, 5.74) is 3.15. The van der Waals surface area contributed by atoms with Gasteiger partial charge in [0.25, 0.3) is 0 Å². The van der Waals surface area contributed by atoms with Crippen LogP contribution in [0.2, 0.25) is 0 Å². The van der Waals surface area contributed by atoms with Crippen molar-refractivity contribution in [3.63, 3.8) is 0 Å². The summed E-state index contributed by atoms with van der Waals surface area (Å²) in [6.45, 7) is 3.27. The van der Waals surface area contributed by atoms with E-state index in [4.69, 9.17) is 0 Å². The first-order valence-corrected chi connectivity index (χ1v) is 11.9. The van der Waals surface area contributed by atoms with Gasteiger partial charge in [-0.15, -0.1) is 0 Å². The maximum absolute atomic E-state index is 13.8. The van der Waals surface area contributed by atoms with Crippen molar-refractivity contribution in [3.8, 4) is 5.69 Å². The van der Waals surface area contributed by atoms with Gasteiger partial charge < -0.3 is 15.2 Å². The van der Waals surface area contributed by atoms with Gasteiger partial charge in [-0.25, -0.2) is 22.8 Å². The molecule has 0 bridgehead atoms. The SMILES string of the molecule is CCNC(=NCc1cc(F)ccc1CS(C)(=O)=O)NCc1ccccc1-n1ccnc1. The smallest absolute Gasteiger partial charge is 0.191 e. The number of guanidine groups is 1. The van der Waals surface area contributed by atoms with Crippen molar-refractivity contribution in [2.45, 2.75) is 25.8 Å². The number of sulfone groups is 1. The Labute approximate surface area is 182 Å². The molecule has 0 saturated heterocycles. The zero-order valence-corrected chi connectivity index (χ0v) is 18.4. The normalized spacial score (nSPS) is 12.0. The summed E-state index contributed by atoms with van der Waals surface area (Å²) >= 11 is 0. The molecule has 31 heavy (non-hydrogen) atoms. The number of hydrogen-bond acceptors (Lipinski definition) is 4. The molecular weight excluding hydrogens is 417 g/mol. The van der Waals surface area contributed by atoms with Crippen LogP contribution >= 0.6 is 0 Å². The second-order valence-electron chi connectivity index (χ2n) is 7.13. The van der Waals surface area contributed by atoms with Gasteiger partial charge in [0.2, 0.25) is 0 Å². The minimum Gasteiger partial charge on any atom is -0.357 e. The monoisotopic (exact) mass is 443 g/mol. The van der Waals surface area contributed by atoms with Crippen LogP contribution in [0.5, 0.6) is 0 Å². The Hall–Kier alpha value is -3.20. The first kappa shape index (κ1) is 22.5. The van der Waals surface area contributed by atoms with E-state index in [0.29, 0.717) is 30.2 Å². The molecule has 164 valence electrons. The van der Waals surface area contributed by atoms with Gasteiger partial charge in [-0.05, 0) is 41.8 Å². The molecule has 7 nitrogen and oxygen atoms in total. The summed E-state index contributed by atoms with van der Waals surface area (Å²) in [6, 6.07) is 12.1. The largest absolute Gasteiger partial charge is 0.357 e. The molecule has 2 N–H and O–H groups in total. The van der Waals surface area contributed by atoms with E-state index in [1.165, 1.54) is 18.2 Å². The lowest BCUT2D eigenvalue weighted by molar-refractivity contribution is 0.600. The van der Waals surface area contributed by atoms with Crippen LogP contribution in [0.4, 0.5) is 4.39 Å². The minimum absolute atomic E-state index is 0.152. The third-order valence-corrected chi connectivity index (χ3v) is 5.39. The summed E-state index contributed by atoms with van der Waals surface area (Å²) in [7, 11) is -3.24. The molecule has 0 aliphatic rings. The standard InChI is InChI=1S/C22H26FN5O2S/c1-3-25-22(26-13-17-6-4-5-7-21(17)28-11-10-24-16-28)27-14-19-12-20(23)9-8-18(19)15-31(2,29)30/h4-12,16H,3,13-15H2,1-2H3,(H2,25,26,27). The van der Waals surface area contributed by atoms with Crippen LogP contribution in [0.1, 0.15) is 23.6 Å². The Morgan fingerprint density at radius 1 is 1.13 bits per heavy atom. The van der Waals surface area contributed by atoms with Crippen molar-refractivity contribution < 1.29 is 12.8 Å². The van der Waals surface area contributed by atoms with Gasteiger partial charge in [0.15, 0.2) is 15.8 Å². The number of benzene rings is 2. The van der Waals surface area contributed by atoms with E-state index in [9.17, 15) is 12.8 Å². The highest BCUT2D eigenvalue weighted by atomic mass is 32.2. The van der Waals surface area contributed by atoms with Crippen LogP contribution in [0, 0.1) is 5.82 Å². The maximum Gasteiger partial charge on any atom is 0.191 e. The van der Waals surface area contributed by atoms with Crippen LogP contribution in [-0.2, 0) is 28.7 Å². The molecule has 0 spiro atoms. The molecule has 0 unspecified atom stereocenters. The molecule has 3 aromatic rings. The lowest BCUT2D eigenvalue weighted by Crippen LogP contribution is -2.37. The van der Waals surface area contributed by atoms with Crippen molar-refractivity contribution in [2.75, 3.05) is 12.8 Å². The van der Waals surface area contributed by atoms with E-state index >= 15 is 0 Å². The van der Waals surface area contributed by atoms with Crippen LogP contribution in [0.3, 0.4) is 0 Å². The number of para-hydroxylation sites is 1. The third kappa shape index (κ3) is 6.65. The Bertz CT molecular complexity index is 1140. The van der Waals surface area contributed by atoms with E-state index in [1.807, 2.05) is 42.0 Å². The van der Waals surface area contributed by atoms with Gasteiger partial charge in [0, 0.05) is 31.7 Å². The van der Waals surface area contributed by atoms with E-state index in [2.05, 4.69) is 20.6 Å². The Morgan fingerprint density at radius 2 is 1.94 bits per heavy atom. The molecule has 0 aliphatic carbocycles. The number of nitrogens with zero attached hydrogens (tertiary/aromatic N) is 3. The van der Waals surface area contributed by atoms with E-state index in [0.717, 1.165) is 17.5 Å². The fraction of sp³-hybridized carbons (Fsp3) is 0.273. The summed E-state index contributed by atoms with van der Waals surface area (Å²) < 4.78 is 39.1. The van der Waals surface area contributed by atoms with Crippen LogP contribution in [-0.4, -0.2) is 36.7 Å². The summed E-state index contributed by atoms with van der Waals surface area (Å²) in [6.07, 6.45) is 6.51. The quantitative estimate of drug-likeness (QED) is 0.413. The second-order valence-corrected chi connectivity index (χ2v) is 9.27. The van der Waals surface area contributed by atoms with Crippen molar-refractivity contribution in [2.24, 2.45) is 4.99 Å². The highest BCUT2D eigenvalue weighted by Crippen LogP contribution is 2.16. The molecular formula is C22H26FN5O2S. The summed E-state index contributed by atoms with van der Waals surface area (Å²) in [5.74, 6) is -0.0208. The van der Waals surface area contributed by atoms with E-state index in [-0.39, 0.29) is 12.3 Å². The fourth-order valence-electron chi connectivity index (χ4n) is 3.16. The molecule has 0 amide bonds. The average Bonchev–Trinajstić information content (AvgIpc) is 3.26. The van der Waals surface area contributed by atoms with Crippen molar-refractivity contribution in [1.29, 1.82) is 0 Å². The number of halogens is 1. The molecule has 0 atom stereocenters. The fourth-order valence-corrected chi connectivity index (χ4v) is 4.01. The van der Waals surface area contributed by atoms with Crippen LogP contribution in [0.25, 0.3) is 5.69 Å². The highest BCUT2D eigenvalue weighted by molar-refractivity contribution is 7.89. The average molecular weight is 444 g/mol. The maximum atomic E-state index is 13.8. The summed E-state index contributed by atoms with van der Waals surface area (Å²) in [5, 5.41) is 6.45. The number of imidazole rings is 1. The first-order valence-electron chi connectivity index (χ1n) is 9.89. The number of rotatable bonds is 8. The molecule has 0 radical (unpaired) electrons. The van der Waals surface area contributed by atoms with Gasteiger partial charge in [-0.2, -0.15) is 0 Å². The van der Waals surface area contributed by atoms with Crippen molar-refractivity contribution in [1.82, 2.24) is 20.2 Å². The number of aliphatic imine (C=N–C) groups is 1. The van der Waals surface area contributed by atoms with Crippen LogP contribution < -0.4 is 10.6 Å². The van der Waals surface area contributed by atoms with Gasteiger partial charge in [-0.3, -0.25) is 0 Å². The predicted molar refractivity (Wildman–Crippen MR) is 120 cm³/mol.